The molecule has 0 N–H and O–H groups in total. The molecule has 2 atom stereocenters. The molecule has 1 saturated heterocycles. The van der Waals surface area contributed by atoms with E-state index >= 15 is 0 Å². The van der Waals surface area contributed by atoms with Crippen LogP contribution in [0.4, 0.5) is 5.69 Å². The van der Waals surface area contributed by atoms with Gasteiger partial charge in [-0.25, -0.2) is 4.90 Å². The molecule has 12 nitrogen and oxygen atoms in total. The first-order valence-corrected chi connectivity index (χ1v) is 10.9. The molecule has 2 aromatic carbocycles. The number of amides is 2. The molecule has 0 aliphatic carbocycles. The number of carbonyl (C=O) groups is 2. The summed E-state index contributed by atoms with van der Waals surface area (Å²) in [5.74, 6) is 1.46. The van der Waals surface area contributed by atoms with Gasteiger partial charge in [-0.1, -0.05) is 10.4 Å². The summed E-state index contributed by atoms with van der Waals surface area (Å²) in [5, 5.41) is 13.5. The van der Waals surface area contributed by atoms with E-state index in [0.717, 1.165) is 4.90 Å². The molecule has 3 aromatic rings. The van der Waals surface area contributed by atoms with Crippen LogP contribution in [-0.2, 0) is 16.1 Å². The lowest BCUT2D eigenvalue weighted by Crippen LogP contribution is -2.39. The summed E-state index contributed by atoms with van der Waals surface area (Å²) in [4.78, 5) is 31.6. The lowest BCUT2D eigenvalue weighted by atomic mass is 10.1. The maximum Gasteiger partial charge on any atom is 0.263 e. The number of anilines is 1. The van der Waals surface area contributed by atoms with Crippen LogP contribution in [0.2, 0.25) is 0 Å². The van der Waals surface area contributed by atoms with E-state index in [2.05, 4.69) is 20.5 Å². The maximum atomic E-state index is 13.2. The average Bonchev–Trinajstić information content (AvgIpc) is 3.58. The van der Waals surface area contributed by atoms with Crippen LogP contribution in [0.1, 0.15) is 12.8 Å². The van der Waals surface area contributed by atoms with Crippen LogP contribution in [0.25, 0.3) is 11.4 Å². The second-order valence-electron chi connectivity index (χ2n) is 7.71. The number of imide groups is 1. The number of fused-ring (bicyclic) bond motifs is 1. The Hall–Kier alpha value is -4.48. The summed E-state index contributed by atoms with van der Waals surface area (Å²) in [6.07, 6.45) is 0. The zero-order valence-corrected chi connectivity index (χ0v) is 19.2. The van der Waals surface area contributed by atoms with Crippen molar-refractivity contribution in [2.45, 2.75) is 25.6 Å². The van der Waals surface area contributed by atoms with E-state index in [0.29, 0.717) is 40.9 Å². The van der Waals surface area contributed by atoms with Gasteiger partial charge in [-0.05, 0) is 49.4 Å². The molecule has 3 heterocycles. The molecule has 0 radical (unpaired) electrons. The molecule has 1 fully saturated rings. The number of nitrogens with zero attached hydrogens (tertiary/aromatic N) is 6. The standard InChI is InChI=1S/C23H22N6O6/c1-4-34-16-10-5-13(11-17(16)33-3)21-24-18(35-26-21)12-28-20-19(25-27-28)22(30)29(23(20)31)14-6-8-15(32-2)9-7-14/h5-11,19-20H,4,12H2,1-3H3/t19-,20+/m0/s1. The lowest BCUT2D eigenvalue weighted by Gasteiger charge is -2.19. The van der Waals surface area contributed by atoms with Crippen molar-refractivity contribution >= 4 is 17.5 Å². The summed E-state index contributed by atoms with van der Waals surface area (Å²) in [7, 11) is 3.09. The first kappa shape index (κ1) is 22.3. The van der Waals surface area contributed by atoms with Crippen LogP contribution < -0.4 is 19.1 Å². The van der Waals surface area contributed by atoms with E-state index in [9.17, 15) is 9.59 Å². The van der Waals surface area contributed by atoms with Gasteiger partial charge in [0.2, 0.25) is 11.7 Å². The molecule has 2 amide bonds. The molecule has 0 saturated carbocycles. The van der Waals surface area contributed by atoms with Gasteiger partial charge in [0.05, 0.1) is 26.5 Å². The number of aromatic nitrogens is 2. The quantitative estimate of drug-likeness (QED) is 0.448. The topological polar surface area (TPSA) is 132 Å². The van der Waals surface area contributed by atoms with Crippen molar-refractivity contribution in [2.75, 3.05) is 25.7 Å². The third-order valence-electron chi connectivity index (χ3n) is 5.68. The van der Waals surface area contributed by atoms with Crippen molar-refractivity contribution in [1.29, 1.82) is 0 Å². The Morgan fingerprint density at radius 3 is 2.51 bits per heavy atom. The molecule has 12 heteroatoms. The van der Waals surface area contributed by atoms with Crippen molar-refractivity contribution in [1.82, 2.24) is 15.1 Å². The van der Waals surface area contributed by atoms with Crippen molar-refractivity contribution < 1.29 is 28.3 Å². The van der Waals surface area contributed by atoms with Crippen molar-refractivity contribution in [3.8, 4) is 28.6 Å². The maximum absolute atomic E-state index is 13.2. The van der Waals surface area contributed by atoms with E-state index in [4.69, 9.17) is 18.7 Å². The molecule has 0 bridgehead atoms. The largest absolute Gasteiger partial charge is 0.497 e. The van der Waals surface area contributed by atoms with Gasteiger partial charge >= 0.3 is 0 Å². The molecule has 2 aliphatic rings. The highest BCUT2D eigenvalue weighted by Gasteiger charge is 2.55. The van der Waals surface area contributed by atoms with E-state index in [1.165, 1.54) is 5.01 Å². The molecule has 0 spiro atoms. The number of rotatable bonds is 8. The fourth-order valence-electron chi connectivity index (χ4n) is 4.00. The fourth-order valence-corrected chi connectivity index (χ4v) is 4.00. The van der Waals surface area contributed by atoms with E-state index in [1.807, 2.05) is 6.92 Å². The third-order valence-corrected chi connectivity index (χ3v) is 5.68. The summed E-state index contributed by atoms with van der Waals surface area (Å²) >= 11 is 0. The minimum Gasteiger partial charge on any atom is -0.497 e. The molecular formula is C23H22N6O6. The van der Waals surface area contributed by atoms with Crippen LogP contribution in [0.3, 0.4) is 0 Å². The zero-order valence-electron chi connectivity index (χ0n) is 19.2. The van der Waals surface area contributed by atoms with E-state index in [1.54, 1.807) is 56.7 Å². The van der Waals surface area contributed by atoms with Gasteiger partial charge in [-0.15, -0.1) is 0 Å². The Kier molecular flexibility index (Phi) is 5.77. The molecule has 0 unspecified atom stereocenters. The Labute approximate surface area is 200 Å². The van der Waals surface area contributed by atoms with Crippen LogP contribution in [0, 0.1) is 0 Å². The van der Waals surface area contributed by atoms with Crippen molar-refractivity contribution in [2.24, 2.45) is 10.3 Å². The van der Waals surface area contributed by atoms with Gasteiger partial charge in [0.15, 0.2) is 23.6 Å². The predicted molar refractivity (Wildman–Crippen MR) is 121 cm³/mol. The molecule has 1 aromatic heterocycles. The van der Waals surface area contributed by atoms with Gasteiger partial charge in [0, 0.05) is 5.56 Å². The smallest absolute Gasteiger partial charge is 0.263 e. The van der Waals surface area contributed by atoms with Crippen molar-refractivity contribution in [3.05, 3.63) is 48.4 Å². The molecule has 180 valence electrons. The van der Waals surface area contributed by atoms with Gasteiger partial charge in [0.1, 0.15) is 12.3 Å². The minimum atomic E-state index is -0.928. The van der Waals surface area contributed by atoms with E-state index < -0.39 is 23.9 Å². The first-order valence-electron chi connectivity index (χ1n) is 10.9. The summed E-state index contributed by atoms with van der Waals surface area (Å²) in [6, 6.07) is 10.1. The number of hydrogen-bond acceptors (Lipinski definition) is 11. The number of hydrogen-bond donors (Lipinski definition) is 0. The number of methoxy groups -OCH3 is 2. The number of ether oxygens (including phenoxy) is 3. The fraction of sp³-hybridized carbons (Fsp3) is 0.304. The number of benzene rings is 2. The van der Waals surface area contributed by atoms with Crippen LogP contribution in [-0.4, -0.2) is 59.9 Å². The summed E-state index contributed by atoms with van der Waals surface area (Å²) in [6.45, 7) is 2.41. The van der Waals surface area contributed by atoms with Gasteiger partial charge in [-0.3, -0.25) is 14.6 Å². The predicted octanol–water partition coefficient (Wildman–Crippen LogP) is 2.65. The highest BCUT2D eigenvalue weighted by atomic mass is 16.5. The summed E-state index contributed by atoms with van der Waals surface area (Å²) in [5.41, 5.74) is 1.11. The molecule has 35 heavy (non-hydrogen) atoms. The average molecular weight is 478 g/mol. The molecule has 2 aliphatic heterocycles. The Morgan fingerprint density at radius 1 is 1.00 bits per heavy atom. The third kappa shape index (κ3) is 3.92. The Balaban J connectivity index is 1.33. The van der Waals surface area contributed by atoms with Crippen LogP contribution in [0.5, 0.6) is 17.2 Å². The zero-order chi connectivity index (χ0) is 24.5. The van der Waals surface area contributed by atoms with Crippen LogP contribution in [0.15, 0.2) is 57.3 Å². The van der Waals surface area contributed by atoms with Crippen molar-refractivity contribution in [3.63, 3.8) is 0 Å². The van der Waals surface area contributed by atoms with Gasteiger partial charge in [0.25, 0.3) is 11.8 Å². The molecular weight excluding hydrogens is 456 g/mol. The second-order valence-corrected chi connectivity index (χ2v) is 7.71. The number of carbonyl (C=O) groups excluding carboxylic acids is 2. The molecule has 5 rings (SSSR count). The highest BCUT2D eigenvalue weighted by Crippen LogP contribution is 2.34. The lowest BCUT2D eigenvalue weighted by molar-refractivity contribution is -0.123. The SMILES string of the molecule is CCOc1ccc(-c2noc(CN3N=N[C@@H]4C(=O)N(c5ccc(OC)cc5)C(=O)[C@@H]43)n2)cc1OC. The minimum absolute atomic E-state index is 0.0152. The van der Waals surface area contributed by atoms with Crippen LogP contribution >= 0.6 is 0 Å². The second kappa shape index (κ2) is 9.05. The first-order chi connectivity index (χ1) is 17.0. The monoisotopic (exact) mass is 478 g/mol. The van der Waals surface area contributed by atoms with E-state index in [-0.39, 0.29) is 12.4 Å². The summed E-state index contributed by atoms with van der Waals surface area (Å²) < 4.78 is 21.4. The normalized spacial score (nSPS) is 18.8. The van der Waals surface area contributed by atoms with Gasteiger partial charge in [-0.2, -0.15) is 10.1 Å². The van der Waals surface area contributed by atoms with Gasteiger partial charge < -0.3 is 18.7 Å². The highest BCUT2D eigenvalue weighted by molar-refractivity contribution is 6.25. The Bertz CT molecular complexity index is 1290. The Morgan fingerprint density at radius 2 is 1.80 bits per heavy atom.